The lowest BCUT2D eigenvalue weighted by Crippen LogP contribution is -2.53. The van der Waals surface area contributed by atoms with Crippen molar-refractivity contribution >= 4 is 17.8 Å². The average molecular weight is 451 g/mol. The van der Waals surface area contributed by atoms with Gasteiger partial charge in [0.1, 0.15) is 18.2 Å². The average Bonchev–Trinajstić information content (AvgIpc) is 3.36. The van der Waals surface area contributed by atoms with Crippen molar-refractivity contribution in [2.75, 3.05) is 43.8 Å². The van der Waals surface area contributed by atoms with Crippen molar-refractivity contribution in [2.24, 2.45) is 0 Å². The summed E-state index contributed by atoms with van der Waals surface area (Å²) in [4.78, 5) is 29.8. The molecule has 1 saturated heterocycles. The number of carbonyl (C=O) groups is 1. The number of nitrogens with one attached hydrogen (secondary N) is 1. The largest absolute Gasteiger partial charge is 0.485 e. The van der Waals surface area contributed by atoms with Crippen molar-refractivity contribution in [3.8, 4) is 11.5 Å². The van der Waals surface area contributed by atoms with Gasteiger partial charge in [0.05, 0.1) is 19.4 Å². The van der Waals surface area contributed by atoms with E-state index in [0.29, 0.717) is 62.5 Å². The second-order valence-electron chi connectivity index (χ2n) is 7.83. The summed E-state index contributed by atoms with van der Waals surface area (Å²) in [5.74, 6) is 3.11. The molecule has 0 spiro atoms. The zero-order chi connectivity index (χ0) is 22.6. The molecule has 1 atom stereocenters. The van der Waals surface area contributed by atoms with E-state index in [2.05, 4.69) is 25.2 Å². The van der Waals surface area contributed by atoms with Crippen LogP contribution < -0.4 is 20.5 Å². The van der Waals surface area contributed by atoms with E-state index in [0.717, 1.165) is 5.76 Å². The SMILES string of the molecule is Nc1nc(CN2CCN(C(=O)C3COc4ccccc4O3)CC2)nc(NCc2ccco2)n1. The first kappa shape index (κ1) is 21.0. The zero-order valence-electron chi connectivity index (χ0n) is 18.0. The molecule has 172 valence electrons. The van der Waals surface area contributed by atoms with Gasteiger partial charge in [0.25, 0.3) is 5.91 Å². The van der Waals surface area contributed by atoms with Crippen molar-refractivity contribution in [2.45, 2.75) is 19.2 Å². The molecule has 33 heavy (non-hydrogen) atoms. The fraction of sp³-hybridized carbons (Fsp3) is 0.364. The van der Waals surface area contributed by atoms with Crippen LogP contribution in [0.15, 0.2) is 47.1 Å². The lowest BCUT2D eigenvalue weighted by Gasteiger charge is -2.36. The Labute approximate surface area is 190 Å². The smallest absolute Gasteiger partial charge is 0.267 e. The number of nitrogen functional groups attached to an aromatic ring is 1. The second-order valence-corrected chi connectivity index (χ2v) is 7.83. The molecule has 1 unspecified atom stereocenters. The summed E-state index contributed by atoms with van der Waals surface area (Å²) in [6, 6.07) is 11.1. The number of furan rings is 1. The van der Waals surface area contributed by atoms with Gasteiger partial charge < -0.3 is 29.8 Å². The van der Waals surface area contributed by atoms with Crippen LogP contribution >= 0.6 is 0 Å². The van der Waals surface area contributed by atoms with Gasteiger partial charge in [-0.1, -0.05) is 12.1 Å². The third-order valence-electron chi connectivity index (χ3n) is 5.53. The molecule has 0 bridgehead atoms. The van der Waals surface area contributed by atoms with Crippen LogP contribution in [0.3, 0.4) is 0 Å². The van der Waals surface area contributed by atoms with Gasteiger partial charge in [-0.25, -0.2) is 0 Å². The van der Waals surface area contributed by atoms with Crippen molar-refractivity contribution in [1.82, 2.24) is 24.8 Å². The number of benzene rings is 1. The van der Waals surface area contributed by atoms with Crippen LogP contribution in [0, 0.1) is 0 Å². The van der Waals surface area contributed by atoms with Gasteiger partial charge >= 0.3 is 0 Å². The number of rotatable bonds is 6. The Balaban J connectivity index is 1.14. The van der Waals surface area contributed by atoms with E-state index in [1.165, 1.54) is 0 Å². The molecule has 4 heterocycles. The third kappa shape index (κ3) is 4.98. The molecule has 1 amide bonds. The lowest BCUT2D eigenvalue weighted by molar-refractivity contribution is -0.143. The van der Waals surface area contributed by atoms with Gasteiger partial charge in [0, 0.05) is 26.2 Å². The first-order valence-electron chi connectivity index (χ1n) is 10.8. The molecule has 2 aliphatic rings. The fourth-order valence-corrected chi connectivity index (χ4v) is 3.84. The maximum Gasteiger partial charge on any atom is 0.267 e. The molecule has 0 aliphatic carbocycles. The van der Waals surface area contributed by atoms with E-state index in [1.807, 2.05) is 41.3 Å². The molecular weight excluding hydrogens is 426 g/mol. The van der Waals surface area contributed by atoms with Crippen LogP contribution in [0.2, 0.25) is 0 Å². The van der Waals surface area contributed by atoms with Crippen LogP contribution in [-0.2, 0) is 17.9 Å². The van der Waals surface area contributed by atoms with Crippen molar-refractivity contribution in [3.63, 3.8) is 0 Å². The quantitative estimate of drug-likeness (QED) is 0.562. The van der Waals surface area contributed by atoms with Crippen molar-refractivity contribution in [3.05, 3.63) is 54.2 Å². The van der Waals surface area contributed by atoms with E-state index < -0.39 is 6.10 Å². The highest BCUT2D eigenvalue weighted by molar-refractivity contribution is 5.82. The first-order chi connectivity index (χ1) is 16.1. The number of amides is 1. The Morgan fingerprint density at radius 3 is 2.67 bits per heavy atom. The highest BCUT2D eigenvalue weighted by atomic mass is 16.6. The Morgan fingerprint density at radius 1 is 1.06 bits per heavy atom. The lowest BCUT2D eigenvalue weighted by atomic mass is 10.2. The maximum atomic E-state index is 12.9. The molecule has 1 fully saturated rings. The minimum Gasteiger partial charge on any atom is -0.485 e. The van der Waals surface area contributed by atoms with Crippen LogP contribution in [0.4, 0.5) is 11.9 Å². The van der Waals surface area contributed by atoms with Gasteiger partial charge in [-0.2, -0.15) is 15.0 Å². The minimum atomic E-state index is -0.627. The molecule has 2 aliphatic heterocycles. The van der Waals surface area contributed by atoms with Crippen molar-refractivity contribution in [1.29, 1.82) is 0 Å². The number of para-hydroxylation sites is 2. The topological polar surface area (TPSA) is 132 Å². The number of ether oxygens (including phenoxy) is 2. The number of nitrogens with two attached hydrogens (primary N) is 1. The number of hydrogen-bond donors (Lipinski definition) is 2. The first-order valence-corrected chi connectivity index (χ1v) is 10.8. The van der Waals surface area contributed by atoms with Gasteiger partial charge in [-0.15, -0.1) is 0 Å². The number of hydrogen-bond acceptors (Lipinski definition) is 10. The Bertz CT molecular complexity index is 1100. The number of fused-ring (bicyclic) bond motifs is 1. The van der Waals surface area contributed by atoms with Gasteiger partial charge in [-0.3, -0.25) is 9.69 Å². The second kappa shape index (κ2) is 9.33. The van der Waals surface area contributed by atoms with Gasteiger partial charge in [0.15, 0.2) is 11.5 Å². The van der Waals surface area contributed by atoms with Gasteiger partial charge in [-0.05, 0) is 24.3 Å². The summed E-state index contributed by atoms with van der Waals surface area (Å²) < 4.78 is 16.9. The molecule has 11 heteroatoms. The highest BCUT2D eigenvalue weighted by Gasteiger charge is 2.32. The minimum absolute atomic E-state index is 0.0574. The molecule has 3 aromatic rings. The Morgan fingerprint density at radius 2 is 1.88 bits per heavy atom. The number of aromatic nitrogens is 3. The summed E-state index contributed by atoms with van der Waals surface area (Å²) in [7, 11) is 0. The van der Waals surface area contributed by atoms with E-state index in [4.69, 9.17) is 19.6 Å². The summed E-state index contributed by atoms with van der Waals surface area (Å²) in [5.41, 5.74) is 5.87. The maximum absolute atomic E-state index is 12.9. The van der Waals surface area contributed by atoms with Crippen LogP contribution in [0.5, 0.6) is 11.5 Å². The third-order valence-corrected chi connectivity index (χ3v) is 5.53. The van der Waals surface area contributed by atoms with Crippen LogP contribution in [0.1, 0.15) is 11.6 Å². The standard InChI is InChI=1S/C22H25N7O4/c23-21-25-19(26-22(27-21)24-12-15-4-3-11-31-15)13-28-7-9-29(10-8-28)20(30)18-14-32-16-5-1-2-6-17(16)33-18/h1-6,11,18H,7-10,12-14H2,(H3,23,24,25,26,27). The van der Waals surface area contributed by atoms with E-state index in [9.17, 15) is 4.79 Å². The Hall–Kier alpha value is -3.86. The number of nitrogens with zero attached hydrogens (tertiary/aromatic N) is 5. The van der Waals surface area contributed by atoms with E-state index in [-0.39, 0.29) is 18.5 Å². The highest BCUT2D eigenvalue weighted by Crippen LogP contribution is 2.31. The summed E-state index contributed by atoms with van der Waals surface area (Å²) in [6.45, 7) is 3.74. The van der Waals surface area contributed by atoms with Gasteiger partial charge in [0.2, 0.25) is 18.0 Å². The number of piperazine rings is 1. The van der Waals surface area contributed by atoms with E-state index >= 15 is 0 Å². The molecular formula is C22H25N7O4. The Kier molecular flexibility index (Phi) is 5.94. The summed E-state index contributed by atoms with van der Waals surface area (Å²) in [5, 5.41) is 3.10. The molecule has 2 aromatic heterocycles. The van der Waals surface area contributed by atoms with E-state index in [1.54, 1.807) is 6.26 Å². The zero-order valence-corrected chi connectivity index (χ0v) is 18.0. The predicted octanol–water partition coefficient (Wildman–Crippen LogP) is 1.14. The monoisotopic (exact) mass is 451 g/mol. The molecule has 0 saturated carbocycles. The molecule has 3 N–H and O–H groups in total. The number of carbonyl (C=O) groups excluding carboxylic acids is 1. The van der Waals surface area contributed by atoms with Crippen LogP contribution in [0.25, 0.3) is 0 Å². The number of anilines is 2. The summed E-state index contributed by atoms with van der Waals surface area (Å²) >= 11 is 0. The summed E-state index contributed by atoms with van der Waals surface area (Å²) in [6.07, 6.45) is 0.985. The van der Waals surface area contributed by atoms with Crippen LogP contribution in [-0.4, -0.2) is 69.5 Å². The normalized spacial score (nSPS) is 18.2. The molecule has 5 rings (SSSR count). The predicted molar refractivity (Wildman–Crippen MR) is 118 cm³/mol. The molecule has 11 nitrogen and oxygen atoms in total. The molecule has 1 aromatic carbocycles. The fourth-order valence-electron chi connectivity index (χ4n) is 3.84. The molecule has 0 radical (unpaired) electrons. The van der Waals surface area contributed by atoms with Crippen molar-refractivity contribution < 1.29 is 18.7 Å².